The summed E-state index contributed by atoms with van der Waals surface area (Å²) in [6.07, 6.45) is 0.720. The topological polar surface area (TPSA) is 32.6 Å². The third-order valence-corrected chi connectivity index (χ3v) is 2.20. The first-order chi connectivity index (χ1) is 6.13. The minimum Gasteiger partial charge on any atom is -0.411 e. The Hall–Kier alpha value is -1.31. The zero-order valence-electron chi connectivity index (χ0n) is 8.33. The lowest BCUT2D eigenvalue weighted by molar-refractivity contribution is 0.317. The summed E-state index contributed by atoms with van der Waals surface area (Å²) in [7, 11) is 0. The van der Waals surface area contributed by atoms with E-state index in [1.807, 2.05) is 6.92 Å². The second-order valence-electron chi connectivity index (χ2n) is 3.43. The number of benzene rings is 1. The van der Waals surface area contributed by atoms with Gasteiger partial charge in [-0.3, -0.25) is 0 Å². The van der Waals surface area contributed by atoms with E-state index in [0.717, 1.165) is 12.1 Å². The van der Waals surface area contributed by atoms with Crippen molar-refractivity contribution in [1.29, 1.82) is 0 Å². The standard InChI is InChI=1S/C11H15NO/c1-8-4-5-11(6-9(8)2)7-10(3)12-13/h4-6,13H,7H2,1-3H3/b12-10+. The monoisotopic (exact) mass is 177 g/mol. The zero-order valence-corrected chi connectivity index (χ0v) is 8.33. The SMILES string of the molecule is C/C(Cc1ccc(C)c(C)c1)=N\O. The first kappa shape index (κ1) is 9.78. The zero-order chi connectivity index (χ0) is 9.84. The fourth-order valence-electron chi connectivity index (χ4n) is 1.24. The number of hydrogen-bond acceptors (Lipinski definition) is 2. The van der Waals surface area contributed by atoms with Crippen LogP contribution in [0.4, 0.5) is 0 Å². The van der Waals surface area contributed by atoms with Crippen molar-refractivity contribution in [3.63, 3.8) is 0 Å². The molecule has 0 radical (unpaired) electrons. The van der Waals surface area contributed by atoms with Crippen LogP contribution < -0.4 is 0 Å². The Morgan fingerprint density at radius 1 is 1.31 bits per heavy atom. The molecule has 1 aromatic carbocycles. The maximum Gasteiger partial charge on any atom is 0.0583 e. The van der Waals surface area contributed by atoms with Crippen LogP contribution in [0.1, 0.15) is 23.6 Å². The highest BCUT2D eigenvalue weighted by Crippen LogP contribution is 2.10. The summed E-state index contributed by atoms with van der Waals surface area (Å²) in [5, 5.41) is 11.7. The summed E-state index contributed by atoms with van der Waals surface area (Å²) in [5.74, 6) is 0. The van der Waals surface area contributed by atoms with Crippen LogP contribution in [0.25, 0.3) is 0 Å². The van der Waals surface area contributed by atoms with Crippen LogP contribution >= 0.6 is 0 Å². The van der Waals surface area contributed by atoms with E-state index in [0.29, 0.717) is 0 Å². The largest absolute Gasteiger partial charge is 0.411 e. The van der Waals surface area contributed by atoms with Crippen molar-refractivity contribution in [1.82, 2.24) is 0 Å². The van der Waals surface area contributed by atoms with Gasteiger partial charge in [-0.15, -0.1) is 0 Å². The van der Waals surface area contributed by atoms with Crippen LogP contribution in [-0.2, 0) is 6.42 Å². The highest BCUT2D eigenvalue weighted by Gasteiger charge is 1.98. The molecule has 0 aliphatic carbocycles. The fourth-order valence-corrected chi connectivity index (χ4v) is 1.24. The van der Waals surface area contributed by atoms with Crippen molar-refractivity contribution >= 4 is 5.71 Å². The third kappa shape index (κ3) is 2.58. The molecule has 0 aliphatic rings. The molecular weight excluding hydrogens is 162 g/mol. The van der Waals surface area contributed by atoms with E-state index in [2.05, 4.69) is 37.2 Å². The molecule has 0 saturated carbocycles. The Labute approximate surface area is 78.9 Å². The number of nitrogens with zero attached hydrogens (tertiary/aromatic N) is 1. The molecule has 0 saturated heterocycles. The van der Waals surface area contributed by atoms with Crippen molar-refractivity contribution in [2.24, 2.45) is 5.16 Å². The quantitative estimate of drug-likeness (QED) is 0.420. The lowest BCUT2D eigenvalue weighted by Gasteiger charge is -2.03. The molecule has 1 N–H and O–H groups in total. The molecule has 0 bridgehead atoms. The molecule has 1 aromatic rings. The Kier molecular flexibility index (Phi) is 3.07. The van der Waals surface area contributed by atoms with E-state index in [-0.39, 0.29) is 0 Å². The smallest absolute Gasteiger partial charge is 0.0583 e. The van der Waals surface area contributed by atoms with Gasteiger partial charge in [0.05, 0.1) is 5.71 Å². The molecule has 70 valence electrons. The van der Waals surface area contributed by atoms with Crippen LogP contribution in [-0.4, -0.2) is 10.9 Å². The molecule has 0 amide bonds. The molecule has 13 heavy (non-hydrogen) atoms. The van der Waals surface area contributed by atoms with E-state index >= 15 is 0 Å². The summed E-state index contributed by atoms with van der Waals surface area (Å²) < 4.78 is 0. The third-order valence-electron chi connectivity index (χ3n) is 2.20. The molecule has 0 spiro atoms. The van der Waals surface area contributed by atoms with Crippen LogP contribution in [0.5, 0.6) is 0 Å². The molecule has 0 unspecified atom stereocenters. The Balaban J connectivity index is 2.86. The Morgan fingerprint density at radius 2 is 2.00 bits per heavy atom. The molecule has 0 aromatic heterocycles. The molecule has 0 heterocycles. The number of hydrogen-bond donors (Lipinski definition) is 1. The van der Waals surface area contributed by atoms with E-state index in [1.54, 1.807) is 0 Å². The van der Waals surface area contributed by atoms with Crippen LogP contribution in [0.2, 0.25) is 0 Å². The van der Waals surface area contributed by atoms with E-state index in [1.165, 1.54) is 16.7 Å². The van der Waals surface area contributed by atoms with Crippen LogP contribution in [0.15, 0.2) is 23.4 Å². The second-order valence-corrected chi connectivity index (χ2v) is 3.43. The average molecular weight is 177 g/mol. The van der Waals surface area contributed by atoms with Gasteiger partial charge >= 0.3 is 0 Å². The van der Waals surface area contributed by atoms with Gasteiger partial charge in [-0.25, -0.2) is 0 Å². The molecule has 2 nitrogen and oxygen atoms in total. The van der Waals surface area contributed by atoms with Gasteiger partial charge in [0.1, 0.15) is 0 Å². The lowest BCUT2D eigenvalue weighted by atomic mass is 10.0. The number of aryl methyl sites for hydroxylation is 2. The first-order valence-electron chi connectivity index (χ1n) is 4.37. The molecule has 1 rings (SSSR count). The lowest BCUT2D eigenvalue weighted by Crippen LogP contribution is -1.98. The minimum atomic E-state index is 0.720. The molecule has 2 heteroatoms. The van der Waals surface area contributed by atoms with E-state index < -0.39 is 0 Å². The highest BCUT2D eigenvalue weighted by molar-refractivity contribution is 5.83. The summed E-state index contributed by atoms with van der Waals surface area (Å²) in [5.41, 5.74) is 4.51. The normalized spacial score (nSPS) is 11.8. The maximum absolute atomic E-state index is 8.51. The van der Waals surface area contributed by atoms with Crippen molar-refractivity contribution < 1.29 is 5.21 Å². The van der Waals surface area contributed by atoms with E-state index in [9.17, 15) is 0 Å². The first-order valence-corrected chi connectivity index (χ1v) is 4.37. The molecule has 0 atom stereocenters. The van der Waals surface area contributed by atoms with Gasteiger partial charge in [-0.2, -0.15) is 0 Å². The average Bonchev–Trinajstić information content (AvgIpc) is 2.11. The van der Waals surface area contributed by atoms with Crippen LogP contribution in [0.3, 0.4) is 0 Å². The predicted octanol–water partition coefficient (Wildman–Crippen LogP) is 2.70. The van der Waals surface area contributed by atoms with Gasteiger partial charge in [0.25, 0.3) is 0 Å². The van der Waals surface area contributed by atoms with Gasteiger partial charge in [-0.1, -0.05) is 23.4 Å². The van der Waals surface area contributed by atoms with Crippen molar-refractivity contribution in [3.05, 3.63) is 34.9 Å². The highest BCUT2D eigenvalue weighted by atomic mass is 16.4. The number of oxime groups is 1. The van der Waals surface area contributed by atoms with Crippen molar-refractivity contribution in [2.75, 3.05) is 0 Å². The van der Waals surface area contributed by atoms with Crippen LogP contribution in [0, 0.1) is 13.8 Å². The van der Waals surface area contributed by atoms with E-state index in [4.69, 9.17) is 5.21 Å². The summed E-state index contributed by atoms with van der Waals surface area (Å²) >= 11 is 0. The van der Waals surface area contributed by atoms with Gasteiger partial charge < -0.3 is 5.21 Å². The molecule has 0 aliphatic heterocycles. The summed E-state index contributed by atoms with van der Waals surface area (Å²) in [4.78, 5) is 0. The van der Waals surface area contributed by atoms with Gasteiger partial charge in [0.15, 0.2) is 0 Å². The maximum atomic E-state index is 8.51. The fraction of sp³-hybridized carbons (Fsp3) is 0.364. The summed E-state index contributed by atoms with van der Waals surface area (Å²) in [6.45, 7) is 5.99. The Morgan fingerprint density at radius 3 is 2.54 bits per heavy atom. The van der Waals surface area contributed by atoms with Gasteiger partial charge in [0, 0.05) is 6.42 Å². The second kappa shape index (κ2) is 4.08. The van der Waals surface area contributed by atoms with Gasteiger partial charge in [-0.05, 0) is 37.5 Å². The Bertz CT molecular complexity index is 329. The van der Waals surface area contributed by atoms with Crippen molar-refractivity contribution in [3.8, 4) is 0 Å². The number of rotatable bonds is 2. The molecule has 0 fully saturated rings. The minimum absolute atomic E-state index is 0.720. The predicted molar refractivity (Wildman–Crippen MR) is 54.5 cm³/mol. The van der Waals surface area contributed by atoms with Crippen molar-refractivity contribution in [2.45, 2.75) is 27.2 Å². The molecular formula is C11H15NO. The van der Waals surface area contributed by atoms with Gasteiger partial charge in [0.2, 0.25) is 0 Å². The summed E-state index contributed by atoms with van der Waals surface area (Å²) in [6, 6.07) is 6.29.